The Labute approximate surface area is 206 Å². The molecule has 0 bridgehead atoms. The molecule has 3 aromatic rings. The van der Waals surface area contributed by atoms with Crippen molar-refractivity contribution in [3.63, 3.8) is 0 Å². The van der Waals surface area contributed by atoms with Crippen LogP contribution in [0.2, 0.25) is 9.36 Å². The standard InChI is InChI=1S/C24H25Cl2N3O3S/c1-13-6-17(7-14(13)11-30)29-23-18(10-27-12-28-23)21(31)20-9-19(22(26)33-20)24(2,32)15-4-3-5-16(25)8-15/h3-5,8-10,12-14,17,30,32H,6-7,11H2,1-2H3,(H,27,28,29)/t13-,14+,17-,24?/m0/s1. The van der Waals surface area contributed by atoms with E-state index in [1.165, 1.54) is 12.5 Å². The molecule has 4 rings (SSSR count). The fraction of sp³-hybridized carbons (Fsp3) is 0.375. The van der Waals surface area contributed by atoms with E-state index in [4.69, 9.17) is 23.2 Å². The van der Waals surface area contributed by atoms with Gasteiger partial charge in [0, 0.05) is 29.4 Å². The van der Waals surface area contributed by atoms with E-state index in [0.29, 0.717) is 42.7 Å². The van der Waals surface area contributed by atoms with Crippen molar-refractivity contribution < 1.29 is 15.0 Å². The van der Waals surface area contributed by atoms with Gasteiger partial charge in [-0.25, -0.2) is 9.97 Å². The molecule has 1 unspecified atom stereocenters. The summed E-state index contributed by atoms with van der Waals surface area (Å²) in [5.41, 5.74) is -0.0798. The lowest BCUT2D eigenvalue weighted by molar-refractivity contribution is 0.102. The van der Waals surface area contributed by atoms with E-state index < -0.39 is 5.60 Å². The smallest absolute Gasteiger partial charge is 0.208 e. The summed E-state index contributed by atoms with van der Waals surface area (Å²) in [4.78, 5) is 22.1. The van der Waals surface area contributed by atoms with Crippen molar-refractivity contribution in [1.82, 2.24) is 9.97 Å². The first kappa shape index (κ1) is 24.1. The SMILES string of the molecule is C[C@H]1C[C@H](Nc2ncncc2C(=O)c2cc(C(C)(O)c3cccc(Cl)c3)c(Cl)s2)C[C@@H]1CO. The summed E-state index contributed by atoms with van der Waals surface area (Å²) in [5.74, 6) is 0.804. The number of thiophene rings is 1. The molecule has 0 saturated heterocycles. The van der Waals surface area contributed by atoms with E-state index in [1.807, 2.05) is 0 Å². The molecule has 0 aliphatic heterocycles. The lowest BCUT2D eigenvalue weighted by Gasteiger charge is -2.23. The number of rotatable bonds is 7. The number of aliphatic hydroxyl groups is 2. The maximum absolute atomic E-state index is 13.4. The highest BCUT2D eigenvalue weighted by atomic mass is 35.5. The summed E-state index contributed by atoms with van der Waals surface area (Å²) in [6.07, 6.45) is 4.59. The molecule has 1 aliphatic carbocycles. The first-order valence-electron chi connectivity index (χ1n) is 10.7. The molecule has 2 heterocycles. The van der Waals surface area contributed by atoms with Crippen molar-refractivity contribution in [1.29, 1.82) is 0 Å². The second-order valence-corrected chi connectivity index (χ2v) is 10.8. The minimum Gasteiger partial charge on any atom is -0.396 e. The molecule has 174 valence electrons. The first-order valence-corrected chi connectivity index (χ1v) is 12.3. The van der Waals surface area contributed by atoms with Gasteiger partial charge in [-0.15, -0.1) is 11.3 Å². The zero-order valence-corrected chi connectivity index (χ0v) is 20.6. The van der Waals surface area contributed by atoms with E-state index in [1.54, 1.807) is 37.3 Å². The molecule has 0 amide bonds. The predicted molar refractivity (Wildman–Crippen MR) is 131 cm³/mol. The summed E-state index contributed by atoms with van der Waals surface area (Å²) in [7, 11) is 0. The maximum atomic E-state index is 13.4. The van der Waals surface area contributed by atoms with Crippen LogP contribution in [-0.2, 0) is 5.60 Å². The van der Waals surface area contributed by atoms with Crippen LogP contribution in [0.1, 0.15) is 53.1 Å². The third-order valence-corrected chi connectivity index (χ3v) is 7.99. The van der Waals surface area contributed by atoms with Gasteiger partial charge in [-0.1, -0.05) is 42.3 Å². The van der Waals surface area contributed by atoms with Crippen LogP contribution < -0.4 is 5.32 Å². The van der Waals surface area contributed by atoms with Gasteiger partial charge in [-0.3, -0.25) is 4.79 Å². The Balaban J connectivity index is 1.61. The Bertz CT molecular complexity index is 1170. The molecule has 2 aromatic heterocycles. The summed E-state index contributed by atoms with van der Waals surface area (Å²) in [6, 6.07) is 8.64. The third-order valence-electron chi connectivity index (χ3n) is 6.40. The van der Waals surface area contributed by atoms with Crippen LogP contribution >= 0.6 is 34.5 Å². The van der Waals surface area contributed by atoms with Crippen molar-refractivity contribution in [2.75, 3.05) is 11.9 Å². The van der Waals surface area contributed by atoms with Crippen molar-refractivity contribution in [2.24, 2.45) is 11.8 Å². The van der Waals surface area contributed by atoms with Crippen molar-refractivity contribution in [3.05, 3.63) is 73.8 Å². The lowest BCUT2D eigenvalue weighted by atomic mass is 9.89. The normalized spacial score (nSPS) is 22.2. The first-order chi connectivity index (χ1) is 15.7. The van der Waals surface area contributed by atoms with Gasteiger partial charge >= 0.3 is 0 Å². The highest BCUT2D eigenvalue weighted by Crippen LogP contribution is 2.41. The van der Waals surface area contributed by atoms with Crippen LogP contribution in [0.15, 0.2) is 42.9 Å². The van der Waals surface area contributed by atoms with Gasteiger partial charge in [0.15, 0.2) is 0 Å². The number of nitrogens with one attached hydrogen (secondary N) is 1. The van der Waals surface area contributed by atoms with Crippen molar-refractivity contribution >= 4 is 46.1 Å². The van der Waals surface area contributed by atoms with E-state index in [9.17, 15) is 15.0 Å². The minimum atomic E-state index is -1.43. The molecule has 9 heteroatoms. The van der Waals surface area contributed by atoms with Gasteiger partial charge in [0.2, 0.25) is 5.78 Å². The number of anilines is 1. The number of aliphatic hydroxyl groups excluding tert-OH is 1. The number of hydrogen-bond donors (Lipinski definition) is 3. The zero-order chi connectivity index (χ0) is 23.8. The number of ketones is 1. The molecular weight excluding hydrogens is 481 g/mol. The van der Waals surface area contributed by atoms with E-state index in [0.717, 1.165) is 24.2 Å². The molecule has 6 nitrogen and oxygen atoms in total. The maximum Gasteiger partial charge on any atom is 0.208 e. The van der Waals surface area contributed by atoms with Gasteiger partial charge < -0.3 is 15.5 Å². The molecule has 1 saturated carbocycles. The minimum absolute atomic E-state index is 0.115. The Morgan fingerprint density at radius 3 is 2.79 bits per heavy atom. The second kappa shape index (κ2) is 9.68. The number of nitrogens with zero attached hydrogens (tertiary/aromatic N) is 2. The highest BCUT2D eigenvalue weighted by molar-refractivity contribution is 7.18. The Morgan fingerprint density at radius 1 is 1.30 bits per heavy atom. The summed E-state index contributed by atoms with van der Waals surface area (Å²) >= 11 is 13.7. The molecule has 1 aliphatic rings. The quantitative estimate of drug-likeness (QED) is 0.384. The molecule has 3 N–H and O–H groups in total. The van der Waals surface area contributed by atoms with Crippen LogP contribution in [0.5, 0.6) is 0 Å². The molecule has 1 fully saturated rings. The number of benzene rings is 1. The van der Waals surface area contributed by atoms with E-state index in [2.05, 4.69) is 22.2 Å². The average molecular weight is 506 g/mol. The van der Waals surface area contributed by atoms with Crippen LogP contribution in [0, 0.1) is 11.8 Å². The molecule has 0 spiro atoms. The monoisotopic (exact) mass is 505 g/mol. The predicted octanol–water partition coefficient (Wildman–Crippen LogP) is 5.15. The van der Waals surface area contributed by atoms with E-state index in [-0.39, 0.29) is 24.3 Å². The van der Waals surface area contributed by atoms with Crippen LogP contribution in [-0.4, -0.2) is 38.6 Å². The molecule has 33 heavy (non-hydrogen) atoms. The molecule has 0 radical (unpaired) electrons. The lowest BCUT2D eigenvalue weighted by Crippen LogP contribution is -2.22. The van der Waals surface area contributed by atoms with Gasteiger partial charge in [0.1, 0.15) is 17.7 Å². The van der Waals surface area contributed by atoms with Gasteiger partial charge in [-0.2, -0.15) is 0 Å². The Morgan fingerprint density at radius 2 is 2.09 bits per heavy atom. The average Bonchev–Trinajstić information content (AvgIpc) is 3.36. The fourth-order valence-corrected chi connectivity index (χ4v) is 6.02. The fourth-order valence-electron chi connectivity index (χ4n) is 4.40. The molecule has 1 aromatic carbocycles. The highest BCUT2D eigenvalue weighted by Gasteiger charge is 2.33. The summed E-state index contributed by atoms with van der Waals surface area (Å²) in [5, 5.41) is 24.7. The zero-order valence-electron chi connectivity index (χ0n) is 18.3. The summed E-state index contributed by atoms with van der Waals surface area (Å²) in [6.45, 7) is 3.89. The van der Waals surface area contributed by atoms with Crippen molar-refractivity contribution in [2.45, 2.75) is 38.3 Å². The van der Waals surface area contributed by atoms with Crippen LogP contribution in [0.4, 0.5) is 5.82 Å². The largest absolute Gasteiger partial charge is 0.396 e. The van der Waals surface area contributed by atoms with Crippen molar-refractivity contribution in [3.8, 4) is 0 Å². The molecular formula is C24H25Cl2N3O3S. The third kappa shape index (κ3) is 4.93. The number of carbonyl (C=O) groups is 1. The molecule has 4 atom stereocenters. The number of hydrogen-bond acceptors (Lipinski definition) is 7. The summed E-state index contributed by atoms with van der Waals surface area (Å²) < 4.78 is 0.324. The topological polar surface area (TPSA) is 95.3 Å². The van der Waals surface area contributed by atoms with Crippen LogP contribution in [0.25, 0.3) is 0 Å². The number of carbonyl (C=O) groups excluding carboxylic acids is 1. The van der Waals surface area contributed by atoms with Gasteiger partial charge in [0.05, 0.1) is 14.8 Å². The Kier molecular flexibility index (Phi) is 7.07. The van der Waals surface area contributed by atoms with Crippen LogP contribution in [0.3, 0.4) is 0 Å². The Hall–Kier alpha value is -2.03. The number of halogens is 2. The van der Waals surface area contributed by atoms with Gasteiger partial charge in [-0.05, 0) is 55.4 Å². The van der Waals surface area contributed by atoms with E-state index >= 15 is 0 Å². The van der Waals surface area contributed by atoms with Gasteiger partial charge in [0.25, 0.3) is 0 Å². The number of aromatic nitrogens is 2. The second-order valence-electron chi connectivity index (χ2n) is 8.73.